The number of carbonyl (C=O) groups is 1. The van der Waals surface area contributed by atoms with E-state index in [0.29, 0.717) is 10.7 Å². The van der Waals surface area contributed by atoms with Gasteiger partial charge in [0, 0.05) is 5.02 Å². The largest absolute Gasteiger partial charge is 0.464 e. The van der Waals surface area contributed by atoms with Crippen molar-refractivity contribution in [1.82, 2.24) is 9.78 Å². The Morgan fingerprint density at radius 2 is 2.11 bits per heavy atom. The molecule has 0 N–H and O–H groups in total. The summed E-state index contributed by atoms with van der Waals surface area (Å²) < 4.78 is 7.19. The summed E-state index contributed by atoms with van der Waals surface area (Å²) in [6.07, 6.45) is 0. The van der Waals surface area contributed by atoms with Crippen molar-refractivity contribution >= 4 is 40.2 Å². The first kappa shape index (κ1) is 14.3. The molecule has 0 fully saturated rings. The molecule has 0 radical (unpaired) electrons. The van der Waals surface area contributed by atoms with Crippen LogP contribution in [0.5, 0.6) is 0 Å². The number of carbonyl (C=O) groups excluding carboxylic acids is 1. The fraction of sp³-hybridized carbons (Fsp3) is 0.231. The second kappa shape index (κ2) is 5.50. The highest BCUT2D eigenvalue weighted by Gasteiger charge is 2.20. The highest BCUT2D eigenvalue weighted by Crippen LogP contribution is 2.24. The Labute approximate surface area is 129 Å². The summed E-state index contributed by atoms with van der Waals surface area (Å²) in [6, 6.07) is 5.66. The molecule has 1 aromatic heterocycles. The Morgan fingerprint density at radius 1 is 1.42 bits per heavy atom. The van der Waals surface area contributed by atoms with Gasteiger partial charge in [-0.15, -0.1) is 0 Å². The number of rotatable bonds is 2. The number of aromatic nitrogens is 2. The van der Waals surface area contributed by atoms with Crippen LogP contribution in [0.15, 0.2) is 18.2 Å². The van der Waals surface area contributed by atoms with Crippen LogP contribution in [0.25, 0.3) is 5.69 Å². The van der Waals surface area contributed by atoms with Gasteiger partial charge in [-0.25, -0.2) is 9.48 Å². The fourth-order valence-corrected chi connectivity index (χ4v) is 2.41. The average Bonchev–Trinajstić information content (AvgIpc) is 2.69. The lowest BCUT2D eigenvalue weighted by molar-refractivity contribution is 0.0592. The minimum atomic E-state index is -0.440. The van der Waals surface area contributed by atoms with Gasteiger partial charge in [0.25, 0.3) is 0 Å². The van der Waals surface area contributed by atoms with Gasteiger partial charge in [0.2, 0.25) is 0 Å². The van der Waals surface area contributed by atoms with Crippen molar-refractivity contribution in [2.45, 2.75) is 13.8 Å². The number of hydrogen-bond donors (Lipinski definition) is 0. The molecule has 0 saturated heterocycles. The Hall–Kier alpha value is -1.08. The van der Waals surface area contributed by atoms with Crippen LogP contribution in [-0.4, -0.2) is 22.9 Å². The summed E-state index contributed by atoms with van der Waals surface area (Å²) >= 11 is 8.21. The number of benzene rings is 1. The van der Waals surface area contributed by atoms with Crippen LogP contribution in [0.2, 0.25) is 5.02 Å². The van der Waals surface area contributed by atoms with E-state index in [2.05, 4.69) is 27.7 Å². The minimum Gasteiger partial charge on any atom is -0.464 e. The number of hydrogen-bond acceptors (Lipinski definition) is 3. The predicted molar refractivity (Wildman–Crippen MR) is 82.1 cm³/mol. The first-order valence-electron chi connectivity index (χ1n) is 5.55. The number of aryl methyl sites for hydroxylation is 1. The summed E-state index contributed by atoms with van der Waals surface area (Å²) in [7, 11) is 1.34. The van der Waals surface area contributed by atoms with E-state index in [1.165, 1.54) is 7.11 Å². The molecular formula is C13H12ClIN2O2. The van der Waals surface area contributed by atoms with E-state index < -0.39 is 5.97 Å². The molecule has 4 nitrogen and oxygen atoms in total. The maximum atomic E-state index is 11.6. The molecule has 0 aliphatic heterocycles. The van der Waals surface area contributed by atoms with Crippen molar-refractivity contribution in [3.05, 3.63) is 43.7 Å². The second-order valence-electron chi connectivity index (χ2n) is 4.08. The summed E-state index contributed by atoms with van der Waals surface area (Å²) in [5.74, 6) is -0.440. The van der Waals surface area contributed by atoms with Crippen LogP contribution in [0, 0.1) is 17.4 Å². The van der Waals surface area contributed by atoms with Gasteiger partial charge >= 0.3 is 5.97 Å². The standard InChI is InChI=1S/C13H12ClIN2O2/c1-7-4-5-9(6-10(7)14)17-8(2)11(15)12(16-17)13(18)19-3/h4-6H,1-3H3. The quantitative estimate of drug-likeness (QED) is 0.582. The van der Waals surface area contributed by atoms with E-state index in [9.17, 15) is 4.79 Å². The van der Waals surface area contributed by atoms with Crippen molar-refractivity contribution in [3.8, 4) is 5.69 Å². The summed E-state index contributed by atoms with van der Waals surface area (Å²) in [5.41, 5.74) is 3.01. The lowest BCUT2D eigenvalue weighted by Gasteiger charge is -2.06. The lowest BCUT2D eigenvalue weighted by Crippen LogP contribution is -2.05. The predicted octanol–water partition coefficient (Wildman–Crippen LogP) is 3.53. The van der Waals surface area contributed by atoms with Crippen molar-refractivity contribution in [3.63, 3.8) is 0 Å². The number of halogens is 2. The van der Waals surface area contributed by atoms with E-state index in [-0.39, 0.29) is 0 Å². The maximum Gasteiger partial charge on any atom is 0.359 e. The number of ether oxygens (including phenoxy) is 1. The van der Waals surface area contributed by atoms with Gasteiger partial charge in [-0.2, -0.15) is 5.10 Å². The van der Waals surface area contributed by atoms with Crippen LogP contribution in [-0.2, 0) is 4.74 Å². The van der Waals surface area contributed by atoms with Gasteiger partial charge in [-0.05, 0) is 54.1 Å². The second-order valence-corrected chi connectivity index (χ2v) is 5.57. The monoisotopic (exact) mass is 390 g/mol. The Kier molecular flexibility index (Phi) is 4.15. The van der Waals surface area contributed by atoms with Crippen LogP contribution in [0.4, 0.5) is 0 Å². The molecule has 0 spiro atoms. The molecule has 0 saturated carbocycles. The molecule has 100 valence electrons. The molecule has 2 rings (SSSR count). The summed E-state index contributed by atoms with van der Waals surface area (Å²) in [6.45, 7) is 3.83. The lowest BCUT2D eigenvalue weighted by atomic mass is 10.2. The first-order chi connectivity index (χ1) is 8.95. The molecule has 0 aliphatic carbocycles. The van der Waals surface area contributed by atoms with Crippen molar-refractivity contribution < 1.29 is 9.53 Å². The van der Waals surface area contributed by atoms with E-state index >= 15 is 0 Å². The number of nitrogens with zero attached hydrogens (tertiary/aromatic N) is 2. The van der Waals surface area contributed by atoms with Gasteiger partial charge in [0.05, 0.1) is 22.1 Å². The Morgan fingerprint density at radius 3 is 2.68 bits per heavy atom. The maximum absolute atomic E-state index is 11.6. The van der Waals surface area contributed by atoms with E-state index in [0.717, 1.165) is 20.5 Å². The molecule has 0 amide bonds. The highest BCUT2D eigenvalue weighted by atomic mass is 127. The van der Waals surface area contributed by atoms with Gasteiger partial charge in [-0.1, -0.05) is 17.7 Å². The zero-order valence-electron chi connectivity index (χ0n) is 10.7. The SMILES string of the molecule is COC(=O)c1nn(-c2ccc(C)c(Cl)c2)c(C)c1I. The molecule has 0 atom stereocenters. The molecule has 0 unspecified atom stereocenters. The van der Waals surface area contributed by atoms with Crippen molar-refractivity contribution in [1.29, 1.82) is 0 Å². The highest BCUT2D eigenvalue weighted by molar-refractivity contribution is 14.1. The third-order valence-corrected chi connectivity index (χ3v) is 4.52. The molecular weight excluding hydrogens is 379 g/mol. The first-order valence-corrected chi connectivity index (χ1v) is 7.01. The molecule has 1 aromatic carbocycles. The van der Waals surface area contributed by atoms with Crippen molar-refractivity contribution in [2.24, 2.45) is 0 Å². The average molecular weight is 391 g/mol. The van der Waals surface area contributed by atoms with E-state index in [4.69, 9.17) is 16.3 Å². The topological polar surface area (TPSA) is 44.1 Å². The molecule has 0 aliphatic rings. The van der Waals surface area contributed by atoms with Crippen LogP contribution >= 0.6 is 34.2 Å². The number of methoxy groups -OCH3 is 1. The summed E-state index contributed by atoms with van der Waals surface area (Å²) in [5, 5.41) is 4.97. The smallest absolute Gasteiger partial charge is 0.359 e. The van der Waals surface area contributed by atoms with Gasteiger partial charge < -0.3 is 4.74 Å². The van der Waals surface area contributed by atoms with E-state index in [1.807, 2.05) is 32.0 Å². The van der Waals surface area contributed by atoms with Crippen LogP contribution in [0.1, 0.15) is 21.7 Å². The Bertz CT molecular complexity index is 652. The fourth-order valence-electron chi connectivity index (χ4n) is 1.68. The van der Waals surface area contributed by atoms with Gasteiger partial charge in [0.15, 0.2) is 5.69 Å². The van der Waals surface area contributed by atoms with E-state index in [1.54, 1.807) is 4.68 Å². The third kappa shape index (κ3) is 2.62. The summed E-state index contributed by atoms with van der Waals surface area (Å²) in [4.78, 5) is 11.6. The molecule has 1 heterocycles. The zero-order valence-corrected chi connectivity index (χ0v) is 13.6. The van der Waals surface area contributed by atoms with Gasteiger partial charge in [-0.3, -0.25) is 0 Å². The van der Waals surface area contributed by atoms with Crippen molar-refractivity contribution in [2.75, 3.05) is 7.11 Å². The molecule has 0 bridgehead atoms. The van der Waals surface area contributed by atoms with Crippen LogP contribution in [0.3, 0.4) is 0 Å². The Balaban J connectivity index is 2.57. The third-order valence-electron chi connectivity index (χ3n) is 2.82. The normalized spacial score (nSPS) is 10.6. The van der Waals surface area contributed by atoms with Gasteiger partial charge in [0.1, 0.15) is 0 Å². The molecule has 2 aromatic rings. The minimum absolute atomic E-state index is 0.317. The molecule has 6 heteroatoms. The number of esters is 1. The molecule has 19 heavy (non-hydrogen) atoms. The van der Waals surface area contributed by atoms with Crippen LogP contribution < -0.4 is 0 Å². The zero-order chi connectivity index (χ0) is 14.2.